The van der Waals surface area contributed by atoms with Crippen molar-refractivity contribution >= 4 is 11.6 Å². The lowest BCUT2D eigenvalue weighted by molar-refractivity contribution is -0.114. The molecule has 1 N–H and O–H groups in total. The Morgan fingerprint density at radius 3 is 2.78 bits per heavy atom. The number of carbonyl (C=O) groups is 1. The normalized spacial score (nSPS) is 14.2. The number of nitrogens with one attached hydrogen (secondary N) is 1. The van der Waals surface area contributed by atoms with Crippen LogP contribution in [0.15, 0.2) is 35.9 Å². The molecule has 0 unspecified atom stereocenters. The second-order valence-electron chi connectivity index (χ2n) is 4.45. The zero-order valence-electron chi connectivity index (χ0n) is 10.6. The number of anilines is 1. The summed E-state index contributed by atoms with van der Waals surface area (Å²) in [6.07, 6.45) is 6.94. The Morgan fingerprint density at radius 1 is 1.22 bits per heavy atom. The number of hydrogen-bond acceptors (Lipinski definition) is 1. The molecule has 0 bridgehead atoms. The van der Waals surface area contributed by atoms with Crippen molar-refractivity contribution in [3.63, 3.8) is 0 Å². The van der Waals surface area contributed by atoms with Crippen LogP contribution < -0.4 is 5.32 Å². The molecule has 0 saturated carbocycles. The van der Waals surface area contributed by atoms with Crippen molar-refractivity contribution in [3.05, 3.63) is 41.5 Å². The van der Waals surface area contributed by atoms with Gasteiger partial charge in [-0.25, -0.2) is 0 Å². The molecular formula is C16H17NO. The van der Waals surface area contributed by atoms with Gasteiger partial charge >= 0.3 is 0 Å². The summed E-state index contributed by atoms with van der Waals surface area (Å²) in [4.78, 5) is 11.1. The molecule has 0 aliphatic heterocycles. The van der Waals surface area contributed by atoms with Crippen LogP contribution in [0.5, 0.6) is 0 Å². The summed E-state index contributed by atoms with van der Waals surface area (Å²) >= 11 is 0. The molecule has 0 heterocycles. The van der Waals surface area contributed by atoms with Crippen molar-refractivity contribution in [2.24, 2.45) is 0 Å². The van der Waals surface area contributed by atoms with Gasteiger partial charge in [-0.1, -0.05) is 30.0 Å². The van der Waals surface area contributed by atoms with Crippen LogP contribution >= 0.6 is 0 Å². The van der Waals surface area contributed by atoms with E-state index in [1.165, 1.54) is 25.3 Å². The first-order valence-corrected chi connectivity index (χ1v) is 6.33. The Balaban J connectivity index is 2.20. The van der Waals surface area contributed by atoms with E-state index < -0.39 is 0 Å². The van der Waals surface area contributed by atoms with Gasteiger partial charge in [-0.05, 0) is 43.4 Å². The van der Waals surface area contributed by atoms with Gasteiger partial charge in [0, 0.05) is 12.5 Å². The van der Waals surface area contributed by atoms with Crippen molar-refractivity contribution in [1.82, 2.24) is 0 Å². The number of hydrogen-bond donors (Lipinski definition) is 1. The van der Waals surface area contributed by atoms with Crippen LogP contribution in [0.25, 0.3) is 0 Å². The molecule has 1 aromatic rings. The predicted octanol–water partition coefficient (Wildman–Crippen LogP) is 3.50. The van der Waals surface area contributed by atoms with E-state index in [1.807, 2.05) is 24.3 Å². The number of benzene rings is 1. The predicted molar refractivity (Wildman–Crippen MR) is 74.2 cm³/mol. The van der Waals surface area contributed by atoms with E-state index in [2.05, 4.69) is 23.2 Å². The molecule has 18 heavy (non-hydrogen) atoms. The molecule has 1 aromatic carbocycles. The maximum Gasteiger partial charge on any atom is 0.221 e. The molecule has 0 spiro atoms. The topological polar surface area (TPSA) is 29.1 Å². The van der Waals surface area contributed by atoms with Gasteiger partial charge < -0.3 is 5.32 Å². The van der Waals surface area contributed by atoms with E-state index in [0.29, 0.717) is 0 Å². The number of carbonyl (C=O) groups excluding carboxylic acids is 1. The molecule has 1 aliphatic carbocycles. The monoisotopic (exact) mass is 239 g/mol. The van der Waals surface area contributed by atoms with Crippen molar-refractivity contribution in [2.75, 3.05) is 5.32 Å². The second kappa shape index (κ2) is 6.07. The number of amides is 1. The van der Waals surface area contributed by atoms with Crippen molar-refractivity contribution < 1.29 is 4.79 Å². The maximum absolute atomic E-state index is 11.1. The molecule has 0 aromatic heterocycles. The summed E-state index contributed by atoms with van der Waals surface area (Å²) in [7, 11) is 0. The minimum absolute atomic E-state index is 0.0684. The smallest absolute Gasteiger partial charge is 0.221 e. The summed E-state index contributed by atoms with van der Waals surface area (Å²) in [5.41, 5.74) is 2.88. The average molecular weight is 239 g/mol. The molecule has 2 rings (SSSR count). The second-order valence-corrected chi connectivity index (χ2v) is 4.45. The van der Waals surface area contributed by atoms with Crippen LogP contribution in [0.2, 0.25) is 0 Å². The standard InChI is InChI=1S/C16H17NO/c1-13(18)17-16-10-6-5-9-15(16)12-11-14-7-3-2-4-8-14/h5-7,9-10H,2-4,8H2,1H3,(H,17,18). The highest BCUT2D eigenvalue weighted by Crippen LogP contribution is 2.18. The molecule has 2 heteroatoms. The van der Waals surface area contributed by atoms with Crippen molar-refractivity contribution in [2.45, 2.75) is 32.6 Å². The first-order valence-electron chi connectivity index (χ1n) is 6.33. The summed E-state index contributed by atoms with van der Waals surface area (Å²) in [5.74, 6) is 6.30. The highest BCUT2D eigenvalue weighted by atomic mass is 16.1. The van der Waals surface area contributed by atoms with Crippen LogP contribution in [0.4, 0.5) is 5.69 Å². The molecule has 0 atom stereocenters. The van der Waals surface area contributed by atoms with Gasteiger partial charge in [-0.2, -0.15) is 0 Å². The molecule has 1 amide bonds. The Bertz CT molecular complexity index is 532. The van der Waals surface area contributed by atoms with Gasteiger partial charge in [0.05, 0.1) is 5.69 Å². The summed E-state index contributed by atoms with van der Waals surface area (Å²) in [6.45, 7) is 1.51. The molecular weight excluding hydrogens is 222 g/mol. The minimum Gasteiger partial charge on any atom is -0.325 e. The molecule has 1 aliphatic rings. The minimum atomic E-state index is -0.0684. The molecule has 92 valence electrons. The van der Waals surface area contributed by atoms with E-state index in [0.717, 1.165) is 24.1 Å². The van der Waals surface area contributed by atoms with Crippen LogP contribution in [0, 0.1) is 11.8 Å². The van der Waals surface area contributed by atoms with E-state index in [1.54, 1.807) is 0 Å². The van der Waals surface area contributed by atoms with Crippen LogP contribution in [-0.4, -0.2) is 5.91 Å². The fourth-order valence-corrected chi connectivity index (χ4v) is 1.99. The number of allylic oxidation sites excluding steroid dienone is 2. The third-order valence-corrected chi connectivity index (χ3v) is 2.89. The Hall–Kier alpha value is -2.01. The first-order chi connectivity index (χ1) is 8.75. The summed E-state index contributed by atoms with van der Waals surface area (Å²) < 4.78 is 0. The van der Waals surface area contributed by atoms with Gasteiger partial charge in [-0.15, -0.1) is 0 Å². The Morgan fingerprint density at radius 2 is 2.06 bits per heavy atom. The van der Waals surface area contributed by atoms with E-state index in [9.17, 15) is 4.79 Å². The van der Waals surface area contributed by atoms with Crippen LogP contribution in [-0.2, 0) is 4.79 Å². The fraction of sp³-hybridized carbons (Fsp3) is 0.312. The molecule has 0 radical (unpaired) electrons. The SMILES string of the molecule is CC(=O)Nc1ccccc1C#CC1=CCCCC1. The van der Waals surface area contributed by atoms with E-state index in [4.69, 9.17) is 0 Å². The lowest BCUT2D eigenvalue weighted by atomic mass is 10.00. The molecule has 2 nitrogen and oxygen atoms in total. The third-order valence-electron chi connectivity index (χ3n) is 2.89. The van der Waals surface area contributed by atoms with Gasteiger partial charge in [0.2, 0.25) is 5.91 Å². The van der Waals surface area contributed by atoms with Gasteiger partial charge in [0.15, 0.2) is 0 Å². The van der Waals surface area contributed by atoms with E-state index in [-0.39, 0.29) is 5.91 Å². The third kappa shape index (κ3) is 3.49. The van der Waals surface area contributed by atoms with Gasteiger partial charge in [0.25, 0.3) is 0 Å². The maximum atomic E-state index is 11.1. The molecule has 0 fully saturated rings. The zero-order chi connectivity index (χ0) is 12.8. The fourth-order valence-electron chi connectivity index (χ4n) is 1.99. The first kappa shape index (κ1) is 12.4. The van der Waals surface area contributed by atoms with Gasteiger partial charge in [0.1, 0.15) is 0 Å². The Kier molecular flexibility index (Phi) is 4.20. The van der Waals surface area contributed by atoms with E-state index >= 15 is 0 Å². The Labute approximate surface area is 108 Å². The van der Waals surface area contributed by atoms with Crippen LogP contribution in [0.1, 0.15) is 38.2 Å². The number of rotatable bonds is 1. The van der Waals surface area contributed by atoms with Crippen molar-refractivity contribution in [1.29, 1.82) is 0 Å². The highest BCUT2D eigenvalue weighted by Gasteiger charge is 2.02. The zero-order valence-corrected chi connectivity index (χ0v) is 10.6. The lowest BCUT2D eigenvalue weighted by Gasteiger charge is -2.06. The lowest BCUT2D eigenvalue weighted by Crippen LogP contribution is -2.06. The largest absolute Gasteiger partial charge is 0.325 e. The average Bonchev–Trinajstić information content (AvgIpc) is 2.38. The highest BCUT2D eigenvalue weighted by molar-refractivity contribution is 5.90. The van der Waals surface area contributed by atoms with Crippen molar-refractivity contribution in [3.8, 4) is 11.8 Å². The quantitative estimate of drug-likeness (QED) is 0.747. The van der Waals surface area contributed by atoms with Gasteiger partial charge in [-0.3, -0.25) is 4.79 Å². The summed E-state index contributed by atoms with van der Waals surface area (Å²) in [6, 6.07) is 7.64. The summed E-state index contributed by atoms with van der Waals surface area (Å²) in [5, 5.41) is 2.80. The molecule has 0 saturated heterocycles. The number of para-hydroxylation sites is 1. The van der Waals surface area contributed by atoms with Crippen LogP contribution in [0.3, 0.4) is 0 Å².